The van der Waals surface area contributed by atoms with Crippen LogP contribution in [0.1, 0.15) is 25.6 Å². The third-order valence-electron chi connectivity index (χ3n) is 2.41. The molecule has 0 radical (unpaired) electrons. The minimum Gasteiger partial charge on any atom is -0.384 e. The fraction of sp³-hybridized carbons (Fsp3) is 0.583. The molecule has 1 aromatic rings. The monoisotopic (exact) mass is 251 g/mol. The number of aryl methyl sites for hydroxylation is 1. The molecule has 0 saturated heterocycles. The third kappa shape index (κ3) is 4.57. The number of carbonyl (C=O) groups is 1. The summed E-state index contributed by atoms with van der Waals surface area (Å²) in [4.78, 5) is 21.5. The molecule has 0 aliphatic carbocycles. The highest BCUT2D eigenvalue weighted by molar-refractivity contribution is 5.76. The molecule has 0 fully saturated rings. The van der Waals surface area contributed by atoms with Gasteiger partial charge in [0.15, 0.2) is 0 Å². The van der Waals surface area contributed by atoms with Crippen LogP contribution in [-0.2, 0) is 11.2 Å². The van der Waals surface area contributed by atoms with Gasteiger partial charge in [0.05, 0.1) is 0 Å². The number of nitrogen functional groups attached to an aromatic ring is 1. The van der Waals surface area contributed by atoms with Crippen molar-refractivity contribution in [3.8, 4) is 0 Å². The highest BCUT2D eigenvalue weighted by Gasteiger charge is 2.05. The van der Waals surface area contributed by atoms with Crippen LogP contribution in [-0.4, -0.2) is 41.4 Å². The molecular formula is C12H21N5O. The average molecular weight is 251 g/mol. The second-order valence-corrected chi connectivity index (χ2v) is 4.31. The van der Waals surface area contributed by atoms with Gasteiger partial charge in [0.1, 0.15) is 17.5 Å². The van der Waals surface area contributed by atoms with E-state index in [2.05, 4.69) is 22.2 Å². The number of anilines is 2. The van der Waals surface area contributed by atoms with Gasteiger partial charge >= 0.3 is 0 Å². The summed E-state index contributed by atoms with van der Waals surface area (Å²) < 4.78 is 0. The number of nitrogens with two attached hydrogens (primary N) is 1. The zero-order valence-corrected chi connectivity index (χ0v) is 11.2. The van der Waals surface area contributed by atoms with E-state index in [-0.39, 0.29) is 5.91 Å². The Hall–Kier alpha value is -1.85. The first-order valence-electron chi connectivity index (χ1n) is 6.10. The molecule has 1 heterocycles. The molecule has 6 nitrogen and oxygen atoms in total. The van der Waals surface area contributed by atoms with E-state index in [0.29, 0.717) is 24.6 Å². The summed E-state index contributed by atoms with van der Waals surface area (Å²) in [6.45, 7) is 2.61. The summed E-state index contributed by atoms with van der Waals surface area (Å²) in [6.07, 6.45) is 2.21. The van der Waals surface area contributed by atoms with Crippen molar-refractivity contribution in [1.82, 2.24) is 14.9 Å². The minimum atomic E-state index is 0.0818. The number of aromatic nitrogens is 2. The maximum atomic E-state index is 11.4. The smallest absolute Gasteiger partial charge is 0.223 e. The predicted octanol–water partition coefficient (Wildman–Crippen LogP) is 0.901. The van der Waals surface area contributed by atoms with Gasteiger partial charge in [0, 0.05) is 39.5 Å². The van der Waals surface area contributed by atoms with Crippen LogP contribution in [0.5, 0.6) is 0 Å². The van der Waals surface area contributed by atoms with Crippen molar-refractivity contribution < 1.29 is 4.79 Å². The molecule has 0 atom stereocenters. The Morgan fingerprint density at radius 1 is 1.44 bits per heavy atom. The Morgan fingerprint density at radius 3 is 2.78 bits per heavy atom. The minimum absolute atomic E-state index is 0.0818. The molecular weight excluding hydrogens is 230 g/mol. The first kappa shape index (κ1) is 14.2. The van der Waals surface area contributed by atoms with Gasteiger partial charge < -0.3 is 16.0 Å². The third-order valence-corrected chi connectivity index (χ3v) is 2.41. The van der Waals surface area contributed by atoms with Gasteiger partial charge in [-0.2, -0.15) is 0 Å². The van der Waals surface area contributed by atoms with Crippen molar-refractivity contribution in [3.63, 3.8) is 0 Å². The maximum absolute atomic E-state index is 11.4. The first-order valence-corrected chi connectivity index (χ1v) is 6.10. The van der Waals surface area contributed by atoms with Crippen LogP contribution in [0, 0.1) is 0 Å². The van der Waals surface area contributed by atoms with Crippen molar-refractivity contribution in [2.45, 2.75) is 26.2 Å². The van der Waals surface area contributed by atoms with Crippen LogP contribution >= 0.6 is 0 Å². The maximum Gasteiger partial charge on any atom is 0.223 e. The Kier molecular flexibility index (Phi) is 5.35. The summed E-state index contributed by atoms with van der Waals surface area (Å²) in [7, 11) is 3.48. The van der Waals surface area contributed by atoms with Crippen molar-refractivity contribution >= 4 is 17.5 Å². The van der Waals surface area contributed by atoms with E-state index in [4.69, 9.17) is 5.73 Å². The van der Waals surface area contributed by atoms with Crippen LogP contribution in [0.25, 0.3) is 0 Å². The van der Waals surface area contributed by atoms with Gasteiger partial charge in [-0.05, 0) is 6.42 Å². The number of carbonyl (C=O) groups excluding carboxylic acids is 1. The Balaban J connectivity index is 2.54. The van der Waals surface area contributed by atoms with E-state index in [1.54, 1.807) is 25.1 Å². The molecule has 1 rings (SSSR count). The van der Waals surface area contributed by atoms with E-state index in [1.165, 1.54) is 0 Å². The summed E-state index contributed by atoms with van der Waals surface area (Å²) in [5, 5.41) is 3.09. The molecule has 1 aromatic heterocycles. The van der Waals surface area contributed by atoms with Crippen LogP contribution in [0.2, 0.25) is 0 Å². The Bertz CT molecular complexity index is 405. The van der Waals surface area contributed by atoms with Crippen molar-refractivity contribution in [3.05, 3.63) is 11.9 Å². The molecule has 18 heavy (non-hydrogen) atoms. The SMILES string of the molecule is CCCc1nc(N)cc(NCCC(=O)N(C)C)n1. The summed E-state index contributed by atoms with van der Waals surface area (Å²) in [5.41, 5.74) is 5.70. The molecule has 1 amide bonds. The lowest BCUT2D eigenvalue weighted by molar-refractivity contribution is -0.128. The second-order valence-electron chi connectivity index (χ2n) is 4.31. The van der Waals surface area contributed by atoms with Crippen LogP contribution in [0.4, 0.5) is 11.6 Å². The molecule has 100 valence electrons. The summed E-state index contributed by atoms with van der Waals surface area (Å²) in [6, 6.07) is 1.68. The van der Waals surface area contributed by atoms with E-state index in [9.17, 15) is 4.79 Å². The van der Waals surface area contributed by atoms with E-state index in [1.807, 2.05) is 0 Å². The lowest BCUT2D eigenvalue weighted by atomic mass is 10.3. The van der Waals surface area contributed by atoms with Crippen molar-refractivity contribution in [2.75, 3.05) is 31.7 Å². The van der Waals surface area contributed by atoms with Crippen molar-refractivity contribution in [1.29, 1.82) is 0 Å². The predicted molar refractivity (Wildman–Crippen MR) is 72.2 cm³/mol. The number of hydrogen-bond donors (Lipinski definition) is 2. The molecule has 0 aromatic carbocycles. The standard InChI is InChI=1S/C12H21N5O/c1-4-5-10-15-9(13)8-11(16-10)14-7-6-12(18)17(2)3/h8H,4-7H2,1-3H3,(H3,13,14,15,16). The zero-order chi connectivity index (χ0) is 13.5. The number of nitrogens with zero attached hydrogens (tertiary/aromatic N) is 3. The average Bonchev–Trinajstić information content (AvgIpc) is 2.28. The Labute approximate surface area is 108 Å². The quantitative estimate of drug-likeness (QED) is 0.784. The van der Waals surface area contributed by atoms with Crippen LogP contribution in [0.3, 0.4) is 0 Å². The molecule has 0 aliphatic rings. The molecule has 0 unspecified atom stereocenters. The summed E-state index contributed by atoms with van der Waals surface area (Å²) in [5.74, 6) is 1.95. The van der Waals surface area contributed by atoms with E-state index >= 15 is 0 Å². The lowest BCUT2D eigenvalue weighted by Crippen LogP contribution is -2.24. The van der Waals surface area contributed by atoms with E-state index in [0.717, 1.165) is 18.7 Å². The number of hydrogen-bond acceptors (Lipinski definition) is 5. The zero-order valence-electron chi connectivity index (χ0n) is 11.2. The molecule has 0 saturated carbocycles. The largest absolute Gasteiger partial charge is 0.384 e. The van der Waals surface area contributed by atoms with Gasteiger partial charge in [-0.25, -0.2) is 9.97 Å². The lowest BCUT2D eigenvalue weighted by Gasteiger charge is -2.11. The van der Waals surface area contributed by atoms with Gasteiger partial charge in [-0.15, -0.1) is 0 Å². The number of rotatable bonds is 6. The first-order chi connectivity index (χ1) is 8.52. The second kappa shape index (κ2) is 6.78. The number of nitrogens with one attached hydrogen (secondary N) is 1. The molecule has 0 bridgehead atoms. The van der Waals surface area contributed by atoms with Crippen LogP contribution < -0.4 is 11.1 Å². The molecule has 3 N–H and O–H groups in total. The van der Waals surface area contributed by atoms with Gasteiger partial charge in [0.2, 0.25) is 5.91 Å². The molecule has 0 aliphatic heterocycles. The normalized spacial score (nSPS) is 10.2. The van der Waals surface area contributed by atoms with Gasteiger partial charge in [0.25, 0.3) is 0 Å². The highest BCUT2D eigenvalue weighted by Crippen LogP contribution is 2.09. The fourth-order valence-corrected chi connectivity index (χ4v) is 1.46. The summed E-state index contributed by atoms with van der Waals surface area (Å²) >= 11 is 0. The molecule has 0 spiro atoms. The van der Waals surface area contributed by atoms with Gasteiger partial charge in [-0.1, -0.05) is 6.92 Å². The number of amides is 1. The fourth-order valence-electron chi connectivity index (χ4n) is 1.46. The van der Waals surface area contributed by atoms with Crippen LogP contribution in [0.15, 0.2) is 6.07 Å². The van der Waals surface area contributed by atoms with Gasteiger partial charge in [-0.3, -0.25) is 4.79 Å². The Morgan fingerprint density at radius 2 is 2.17 bits per heavy atom. The van der Waals surface area contributed by atoms with Crippen molar-refractivity contribution in [2.24, 2.45) is 0 Å². The molecule has 6 heteroatoms. The van der Waals surface area contributed by atoms with E-state index < -0.39 is 0 Å². The highest BCUT2D eigenvalue weighted by atomic mass is 16.2. The topological polar surface area (TPSA) is 84.1 Å².